The van der Waals surface area contributed by atoms with E-state index in [4.69, 9.17) is 4.74 Å². The molecule has 0 aliphatic carbocycles. The summed E-state index contributed by atoms with van der Waals surface area (Å²) < 4.78 is 20.0. The molecule has 0 amide bonds. The minimum atomic E-state index is -0.940. The van der Waals surface area contributed by atoms with Gasteiger partial charge in [-0.15, -0.1) is 0 Å². The Balaban J connectivity index is 1.96. The fourth-order valence-corrected chi connectivity index (χ4v) is 2.10. The number of hydrogen-bond acceptors (Lipinski definition) is 4. The van der Waals surface area contributed by atoms with E-state index in [1.165, 1.54) is 6.07 Å². The van der Waals surface area contributed by atoms with Gasteiger partial charge in [0.25, 0.3) is 0 Å². The largest absolute Gasteiger partial charge is 0.386 e. The first-order valence-electron chi connectivity index (χ1n) is 6.02. The Labute approximate surface area is 109 Å². The van der Waals surface area contributed by atoms with Crippen LogP contribution in [0.15, 0.2) is 24.4 Å². The molecule has 2 aromatic rings. The number of aromatic nitrogens is 3. The molecule has 19 heavy (non-hydrogen) atoms. The Hall–Kier alpha value is -1.79. The summed E-state index contributed by atoms with van der Waals surface area (Å²) >= 11 is 0. The van der Waals surface area contributed by atoms with E-state index in [1.807, 2.05) is 6.07 Å². The van der Waals surface area contributed by atoms with Crippen LogP contribution in [0.1, 0.15) is 12.6 Å². The van der Waals surface area contributed by atoms with Crippen LogP contribution in [0.25, 0.3) is 11.4 Å². The maximum absolute atomic E-state index is 12.8. The van der Waals surface area contributed by atoms with Crippen LogP contribution in [0.2, 0.25) is 0 Å². The zero-order valence-electron chi connectivity index (χ0n) is 10.5. The van der Waals surface area contributed by atoms with Crippen molar-refractivity contribution in [1.29, 1.82) is 0 Å². The van der Waals surface area contributed by atoms with E-state index in [-0.39, 0.29) is 12.4 Å². The van der Waals surface area contributed by atoms with Gasteiger partial charge in [-0.25, -0.2) is 4.39 Å². The highest BCUT2D eigenvalue weighted by Crippen LogP contribution is 2.22. The van der Waals surface area contributed by atoms with E-state index in [2.05, 4.69) is 10.1 Å². The van der Waals surface area contributed by atoms with Gasteiger partial charge in [0.05, 0.1) is 37.3 Å². The molecule has 3 rings (SSSR count). The van der Waals surface area contributed by atoms with Crippen molar-refractivity contribution in [1.82, 2.24) is 14.8 Å². The van der Waals surface area contributed by atoms with Crippen LogP contribution in [0.5, 0.6) is 0 Å². The van der Waals surface area contributed by atoms with Crippen LogP contribution < -0.4 is 0 Å². The monoisotopic (exact) mass is 263 g/mol. The molecule has 1 aliphatic heterocycles. The lowest BCUT2D eigenvalue weighted by molar-refractivity contribution is -0.0381. The number of pyridine rings is 1. The first-order valence-corrected chi connectivity index (χ1v) is 6.02. The minimum absolute atomic E-state index is 0.278. The van der Waals surface area contributed by atoms with Gasteiger partial charge < -0.3 is 9.84 Å². The highest BCUT2D eigenvalue weighted by molar-refractivity contribution is 5.54. The molecule has 0 saturated carbocycles. The van der Waals surface area contributed by atoms with Gasteiger partial charge >= 0.3 is 0 Å². The molecule has 0 saturated heterocycles. The number of nitrogens with zero attached hydrogens (tertiary/aromatic N) is 3. The number of ether oxygens (including phenoxy) is 1. The van der Waals surface area contributed by atoms with E-state index in [1.54, 1.807) is 17.7 Å². The molecule has 6 heteroatoms. The van der Waals surface area contributed by atoms with Gasteiger partial charge in [-0.1, -0.05) is 0 Å². The van der Waals surface area contributed by atoms with Gasteiger partial charge in [-0.05, 0) is 25.1 Å². The van der Waals surface area contributed by atoms with E-state index in [0.29, 0.717) is 24.5 Å². The molecule has 0 radical (unpaired) electrons. The second-order valence-electron chi connectivity index (χ2n) is 5.03. The molecule has 0 spiro atoms. The lowest BCUT2D eigenvalue weighted by atomic mass is 10.1. The fourth-order valence-electron chi connectivity index (χ4n) is 2.10. The third-order valence-electron chi connectivity index (χ3n) is 3.01. The van der Waals surface area contributed by atoms with E-state index < -0.39 is 5.60 Å². The van der Waals surface area contributed by atoms with Crippen LogP contribution in [-0.4, -0.2) is 32.1 Å². The second kappa shape index (κ2) is 4.40. The predicted octanol–water partition coefficient (Wildman–Crippen LogP) is 1.37. The molecular weight excluding hydrogens is 249 g/mol. The maximum atomic E-state index is 12.8. The molecule has 3 heterocycles. The molecule has 1 atom stereocenters. The average Bonchev–Trinajstić information content (AvgIpc) is 2.66. The summed E-state index contributed by atoms with van der Waals surface area (Å²) in [5.74, 6) is -0.379. The fraction of sp³-hybridized carbons (Fsp3) is 0.385. The van der Waals surface area contributed by atoms with Crippen LogP contribution >= 0.6 is 0 Å². The maximum Gasteiger partial charge on any atom is 0.141 e. The van der Waals surface area contributed by atoms with Crippen LogP contribution in [0.3, 0.4) is 0 Å². The molecule has 1 aliphatic rings. The van der Waals surface area contributed by atoms with E-state index in [9.17, 15) is 9.50 Å². The Morgan fingerprint density at radius 1 is 1.42 bits per heavy atom. The van der Waals surface area contributed by atoms with Gasteiger partial charge in [-0.3, -0.25) is 9.67 Å². The Morgan fingerprint density at radius 3 is 3.00 bits per heavy atom. The molecule has 5 nitrogen and oxygen atoms in total. The summed E-state index contributed by atoms with van der Waals surface area (Å²) in [6.45, 7) is 2.74. The smallest absolute Gasteiger partial charge is 0.141 e. The van der Waals surface area contributed by atoms with Crippen molar-refractivity contribution in [2.45, 2.75) is 25.7 Å². The quantitative estimate of drug-likeness (QED) is 0.844. The summed E-state index contributed by atoms with van der Waals surface area (Å²) in [6, 6.07) is 4.78. The molecule has 0 fully saturated rings. The van der Waals surface area contributed by atoms with Crippen molar-refractivity contribution in [2.75, 3.05) is 6.61 Å². The number of halogens is 1. The van der Waals surface area contributed by atoms with Gasteiger partial charge in [0, 0.05) is 0 Å². The van der Waals surface area contributed by atoms with Crippen LogP contribution in [-0.2, 0) is 17.9 Å². The topological polar surface area (TPSA) is 60.2 Å². The molecule has 0 bridgehead atoms. The summed E-state index contributed by atoms with van der Waals surface area (Å²) in [7, 11) is 0. The number of aliphatic hydroxyl groups is 1. The van der Waals surface area contributed by atoms with Crippen LogP contribution in [0.4, 0.5) is 4.39 Å². The van der Waals surface area contributed by atoms with E-state index in [0.717, 1.165) is 11.9 Å². The molecule has 1 N–H and O–H groups in total. The molecule has 0 aromatic carbocycles. The molecule has 100 valence electrons. The number of hydrogen-bond donors (Lipinski definition) is 1. The van der Waals surface area contributed by atoms with Crippen molar-refractivity contribution in [3.05, 3.63) is 35.9 Å². The lowest BCUT2D eigenvalue weighted by Gasteiger charge is -2.19. The first-order chi connectivity index (χ1) is 9.03. The highest BCUT2D eigenvalue weighted by atomic mass is 19.1. The zero-order valence-corrected chi connectivity index (χ0v) is 10.5. The van der Waals surface area contributed by atoms with Gasteiger partial charge in [0.2, 0.25) is 0 Å². The van der Waals surface area contributed by atoms with Gasteiger partial charge in [0.1, 0.15) is 17.1 Å². The molecule has 2 aromatic heterocycles. The highest BCUT2D eigenvalue weighted by Gasteiger charge is 2.27. The van der Waals surface area contributed by atoms with Crippen molar-refractivity contribution in [3.8, 4) is 11.4 Å². The third kappa shape index (κ3) is 2.50. The Bertz CT molecular complexity index is 592. The first kappa shape index (κ1) is 12.3. The normalized spacial score (nSPS) is 22.9. The zero-order chi connectivity index (χ0) is 13.5. The van der Waals surface area contributed by atoms with E-state index >= 15 is 0 Å². The van der Waals surface area contributed by atoms with Crippen molar-refractivity contribution in [2.24, 2.45) is 0 Å². The summed E-state index contributed by atoms with van der Waals surface area (Å²) in [6.07, 6.45) is 1.16. The Morgan fingerprint density at radius 2 is 2.26 bits per heavy atom. The van der Waals surface area contributed by atoms with Gasteiger partial charge in [0.15, 0.2) is 0 Å². The number of fused-ring (bicyclic) bond motifs is 1. The minimum Gasteiger partial charge on any atom is -0.386 e. The third-order valence-corrected chi connectivity index (χ3v) is 3.01. The summed E-state index contributed by atoms with van der Waals surface area (Å²) in [5.41, 5.74) is 1.18. The van der Waals surface area contributed by atoms with Crippen LogP contribution in [0, 0.1) is 5.82 Å². The van der Waals surface area contributed by atoms with Crippen molar-refractivity contribution >= 4 is 0 Å². The second-order valence-corrected chi connectivity index (χ2v) is 5.03. The van der Waals surface area contributed by atoms with Crippen molar-refractivity contribution < 1.29 is 14.2 Å². The molecule has 1 unspecified atom stereocenters. The average molecular weight is 263 g/mol. The standard InChI is InChI=1S/C13H14FN3O2/c1-13(18)7-17-10(6-19-8-13)4-12(16-17)11-3-2-9(14)5-15-11/h2-5,18H,6-8H2,1H3. The van der Waals surface area contributed by atoms with Crippen molar-refractivity contribution in [3.63, 3.8) is 0 Å². The summed E-state index contributed by atoms with van der Waals surface area (Å²) in [5, 5.41) is 14.5. The molecular formula is C13H14FN3O2. The summed E-state index contributed by atoms with van der Waals surface area (Å²) in [4.78, 5) is 4.00. The van der Waals surface area contributed by atoms with Gasteiger partial charge in [-0.2, -0.15) is 5.10 Å². The lowest BCUT2D eigenvalue weighted by Crippen LogP contribution is -2.34. The Kier molecular flexibility index (Phi) is 2.83. The predicted molar refractivity (Wildman–Crippen MR) is 65.7 cm³/mol. The number of rotatable bonds is 1. The SMILES string of the molecule is CC1(O)COCc2cc(-c3ccc(F)cn3)nn2C1.